The Morgan fingerprint density at radius 2 is 1.86 bits per heavy atom. The average Bonchev–Trinajstić information content (AvgIpc) is 3.11. The van der Waals surface area contributed by atoms with Crippen molar-refractivity contribution in [1.82, 2.24) is 14.7 Å². The molecule has 0 spiro atoms. The van der Waals surface area contributed by atoms with Crippen molar-refractivity contribution in [2.24, 2.45) is 0 Å². The van der Waals surface area contributed by atoms with Gasteiger partial charge in [0.25, 0.3) is 5.91 Å². The Labute approximate surface area is 166 Å². The minimum Gasteiger partial charge on any atom is -0.507 e. The predicted octanol–water partition coefficient (Wildman–Crippen LogP) is 2.80. The molecule has 0 fully saturated rings. The van der Waals surface area contributed by atoms with Crippen molar-refractivity contribution in [3.8, 4) is 5.75 Å². The molecule has 0 saturated heterocycles. The topological polar surface area (TPSA) is 92.9 Å². The first-order valence-corrected chi connectivity index (χ1v) is 9.11. The van der Waals surface area contributed by atoms with Crippen LogP contribution in [-0.4, -0.2) is 46.4 Å². The van der Waals surface area contributed by atoms with Gasteiger partial charge in [0.15, 0.2) is 11.4 Å². The molecule has 0 saturated carbocycles. The van der Waals surface area contributed by atoms with Crippen molar-refractivity contribution < 1.29 is 19.4 Å². The highest BCUT2D eigenvalue weighted by Gasteiger charge is 2.20. The van der Waals surface area contributed by atoms with Crippen LogP contribution in [0.5, 0.6) is 5.75 Å². The van der Waals surface area contributed by atoms with Crippen LogP contribution in [0.4, 0.5) is 0 Å². The number of imidazole rings is 1. The molecule has 2 N–H and O–H groups in total. The molecule has 0 radical (unpaired) electrons. The van der Waals surface area contributed by atoms with Crippen molar-refractivity contribution in [2.45, 2.75) is 0 Å². The van der Waals surface area contributed by atoms with Crippen LogP contribution < -0.4 is 5.32 Å². The summed E-state index contributed by atoms with van der Waals surface area (Å²) in [7, 11) is 1.55. The largest absolute Gasteiger partial charge is 0.507 e. The molecule has 146 valence electrons. The van der Waals surface area contributed by atoms with E-state index in [-0.39, 0.29) is 34.1 Å². The smallest absolute Gasteiger partial charge is 0.255 e. The van der Waals surface area contributed by atoms with Crippen LogP contribution >= 0.6 is 0 Å². The lowest BCUT2D eigenvalue weighted by molar-refractivity contribution is 0.0938. The van der Waals surface area contributed by atoms with Gasteiger partial charge in [-0.25, -0.2) is 4.98 Å². The number of methoxy groups -OCH3 is 1. The van der Waals surface area contributed by atoms with Gasteiger partial charge in [0.1, 0.15) is 5.75 Å². The molecule has 0 aliphatic carbocycles. The predicted molar refractivity (Wildman–Crippen MR) is 108 cm³/mol. The zero-order chi connectivity index (χ0) is 20.4. The number of phenolic OH excluding ortho intramolecular Hbond substituents is 1. The van der Waals surface area contributed by atoms with Gasteiger partial charge in [0.2, 0.25) is 0 Å². The van der Waals surface area contributed by atoms with Crippen LogP contribution in [0, 0.1) is 0 Å². The van der Waals surface area contributed by atoms with Crippen molar-refractivity contribution in [1.29, 1.82) is 0 Å². The number of amides is 1. The first kappa shape index (κ1) is 18.6. The fourth-order valence-corrected chi connectivity index (χ4v) is 3.24. The Kier molecular flexibility index (Phi) is 4.97. The Balaban J connectivity index is 1.89. The molecule has 2 aromatic heterocycles. The van der Waals surface area contributed by atoms with Crippen LogP contribution in [0.2, 0.25) is 0 Å². The number of pyridine rings is 1. The van der Waals surface area contributed by atoms with Crippen molar-refractivity contribution >= 4 is 28.4 Å². The maximum atomic E-state index is 13.1. The van der Waals surface area contributed by atoms with Crippen LogP contribution in [0.15, 0.2) is 60.8 Å². The molecule has 7 nitrogen and oxygen atoms in total. The molecule has 4 aromatic rings. The van der Waals surface area contributed by atoms with Gasteiger partial charge in [-0.2, -0.15) is 0 Å². The number of hydrogen-bond acceptors (Lipinski definition) is 5. The summed E-state index contributed by atoms with van der Waals surface area (Å²) >= 11 is 0. The summed E-state index contributed by atoms with van der Waals surface area (Å²) < 4.78 is 6.71. The maximum Gasteiger partial charge on any atom is 0.255 e. The van der Waals surface area contributed by atoms with E-state index in [0.717, 1.165) is 5.52 Å². The zero-order valence-electron chi connectivity index (χ0n) is 15.8. The van der Waals surface area contributed by atoms with E-state index >= 15 is 0 Å². The quantitative estimate of drug-likeness (QED) is 0.391. The molecule has 2 heterocycles. The number of ether oxygens (including phenoxy) is 1. The molecule has 0 atom stereocenters. The number of para-hydroxylation sites is 3. The fourth-order valence-electron chi connectivity index (χ4n) is 3.24. The van der Waals surface area contributed by atoms with Crippen molar-refractivity contribution in [3.05, 3.63) is 77.5 Å². The highest BCUT2D eigenvalue weighted by molar-refractivity contribution is 6.12. The van der Waals surface area contributed by atoms with Crippen LogP contribution in [0.25, 0.3) is 16.7 Å². The number of phenols is 1. The SMILES string of the molecule is COCCNC(=O)c1cc(C(=O)c2ccccc2O)cn2c1nc1ccccc12. The van der Waals surface area contributed by atoms with Gasteiger partial charge in [-0.15, -0.1) is 0 Å². The van der Waals surface area contributed by atoms with Gasteiger partial charge in [-0.05, 0) is 30.3 Å². The summed E-state index contributed by atoms with van der Waals surface area (Å²) in [5.41, 5.74) is 2.67. The highest BCUT2D eigenvalue weighted by Crippen LogP contribution is 2.24. The van der Waals surface area contributed by atoms with Gasteiger partial charge in [-0.1, -0.05) is 24.3 Å². The molecule has 2 aromatic carbocycles. The second kappa shape index (κ2) is 7.73. The van der Waals surface area contributed by atoms with Gasteiger partial charge < -0.3 is 15.2 Å². The number of benzene rings is 2. The number of nitrogens with zero attached hydrogens (tertiary/aromatic N) is 2. The summed E-state index contributed by atoms with van der Waals surface area (Å²) in [5.74, 6) is -0.845. The third-order valence-corrected chi connectivity index (χ3v) is 4.65. The van der Waals surface area contributed by atoms with Gasteiger partial charge in [0, 0.05) is 25.4 Å². The Morgan fingerprint density at radius 1 is 1.10 bits per heavy atom. The number of hydrogen-bond donors (Lipinski definition) is 2. The average molecular weight is 389 g/mol. The van der Waals surface area contributed by atoms with E-state index in [2.05, 4.69) is 10.3 Å². The lowest BCUT2D eigenvalue weighted by Crippen LogP contribution is -2.27. The molecular formula is C22H19N3O4. The number of fused-ring (bicyclic) bond motifs is 3. The zero-order valence-corrected chi connectivity index (χ0v) is 15.8. The molecule has 4 rings (SSSR count). The maximum absolute atomic E-state index is 13.1. The summed E-state index contributed by atoms with van der Waals surface area (Å²) in [5, 5.41) is 12.9. The lowest BCUT2D eigenvalue weighted by atomic mass is 10.0. The Hall–Kier alpha value is -3.71. The summed E-state index contributed by atoms with van der Waals surface area (Å²) in [4.78, 5) is 30.4. The minimum atomic E-state index is -0.381. The first-order valence-electron chi connectivity index (χ1n) is 9.11. The molecule has 29 heavy (non-hydrogen) atoms. The summed E-state index contributed by atoms with van der Waals surface area (Å²) in [6.45, 7) is 0.703. The molecule has 0 unspecified atom stereocenters. The Morgan fingerprint density at radius 3 is 2.66 bits per heavy atom. The van der Waals surface area contributed by atoms with Gasteiger partial charge in [0.05, 0.1) is 28.8 Å². The fraction of sp³-hybridized carbons (Fsp3) is 0.136. The van der Waals surface area contributed by atoms with E-state index in [9.17, 15) is 14.7 Å². The van der Waals surface area contributed by atoms with Crippen molar-refractivity contribution in [3.63, 3.8) is 0 Å². The van der Waals surface area contributed by atoms with Crippen molar-refractivity contribution in [2.75, 3.05) is 20.3 Å². The van der Waals surface area contributed by atoms with Gasteiger partial charge in [-0.3, -0.25) is 14.0 Å². The highest BCUT2D eigenvalue weighted by atomic mass is 16.5. The molecular weight excluding hydrogens is 370 g/mol. The number of ketones is 1. The van der Waals surface area contributed by atoms with E-state index < -0.39 is 0 Å². The van der Waals surface area contributed by atoms with E-state index in [1.165, 1.54) is 12.1 Å². The lowest BCUT2D eigenvalue weighted by Gasteiger charge is -2.10. The standard InChI is InChI=1S/C22H19N3O4/c1-29-11-10-23-22(28)16-12-14(20(27)15-6-2-5-9-19(15)26)13-25-18-8-4-3-7-17(18)24-21(16)25/h2-9,12-13,26H,10-11H2,1H3,(H,23,28). The third-order valence-electron chi connectivity index (χ3n) is 4.65. The van der Waals surface area contributed by atoms with E-state index in [4.69, 9.17) is 4.74 Å². The van der Waals surface area contributed by atoms with E-state index in [0.29, 0.717) is 24.3 Å². The summed E-state index contributed by atoms with van der Waals surface area (Å²) in [6.07, 6.45) is 1.64. The summed E-state index contributed by atoms with van der Waals surface area (Å²) in [6, 6.07) is 15.3. The molecule has 0 bridgehead atoms. The minimum absolute atomic E-state index is 0.112. The monoisotopic (exact) mass is 389 g/mol. The number of carbonyl (C=O) groups is 2. The van der Waals surface area contributed by atoms with E-state index in [1.54, 1.807) is 35.9 Å². The second-order valence-electron chi connectivity index (χ2n) is 6.53. The van der Waals surface area contributed by atoms with Gasteiger partial charge >= 0.3 is 0 Å². The Bertz CT molecular complexity index is 1230. The number of nitrogens with one attached hydrogen (secondary N) is 1. The molecule has 1 amide bonds. The van der Waals surface area contributed by atoms with Crippen LogP contribution in [0.3, 0.4) is 0 Å². The molecule has 7 heteroatoms. The number of aromatic hydroxyl groups is 1. The number of aromatic nitrogens is 2. The van der Waals surface area contributed by atoms with Crippen LogP contribution in [0.1, 0.15) is 26.3 Å². The first-order chi connectivity index (χ1) is 14.1. The molecule has 0 aliphatic rings. The molecule has 0 aliphatic heterocycles. The second-order valence-corrected chi connectivity index (χ2v) is 6.53. The number of rotatable bonds is 6. The normalized spacial score (nSPS) is 11.1. The number of carbonyl (C=O) groups excluding carboxylic acids is 2. The van der Waals surface area contributed by atoms with Crippen LogP contribution in [-0.2, 0) is 4.74 Å². The third kappa shape index (κ3) is 3.43. The van der Waals surface area contributed by atoms with E-state index in [1.807, 2.05) is 24.3 Å².